The van der Waals surface area contributed by atoms with Crippen LogP contribution in [0.3, 0.4) is 0 Å². The summed E-state index contributed by atoms with van der Waals surface area (Å²) in [5, 5.41) is 2.54. The number of aliphatic imine (C=N–C) groups is 1. The highest BCUT2D eigenvalue weighted by Crippen LogP contribution is 2.24. The molecule has 3 rings (SSSR count). The minimum absolute atomic E-state index is 0.0591. The Hall–Kier alpha value is -2.74. The standard InChI is InChI=1S/C19H20FN3O3S/c1-12(2)11-16(19(24)22-15-9-5-4-8-14(15)20)21-18-13-7-3-6-10-17(13)27(25,26)23-18/h3-10,12,16H,11H2,1-2H3,(H,21,23)(H,22,24). The molecule has 2 aromatic carbocycles. The highest BCUT2D eigenvalue weighted by atomic mass is 32.2. The summed E-state index contributed by atoms with van der Waals surface area (Å²) in [6.07, 6.45) is 0.383. The first-order valence-corrected chi connectivity index (χ1v) is 10.0. The van der Waals surface area contributed by atoms with Crippen LogP contribution in [-0.2, 0) is 14.8 Å². The van der Waals surface area contributed by atoms with Crippen molar-refractivity contribution in [3.05, 3.63) is 59.9 Å². The molecule has 1 aliphatic rings. The summed E-state index contributed by atoms with van der Waals surface area (Å²) in [5.41, 5.74) is 0.480. The van der Waals surface area contributed by atoms with Crippen molar-refractivity contribution in [3.63, 3.8) is 0 Å². The first kappa shape index (κ1) is 19.0. The molecule has 0 radical (unpaired) electrons. The van der Waals surface area contributed by atoms with E-state index in [0.29, 0.717) is 12.0 Å². The number of hydrogen-bond donors (Lipinski definition) is 2. The molecule has 1 unspecified atom stereocenters. The second kappa shape index (κ2) is 7.48. The lowest BCUT2D eigenvalue weighted by Crippen LogP contribution is -2.32. The third-order valence-corrected chi connectivity index (χ3v) is 5.47. The molecule has 0 saturated carbocycles. The van der Waals surface area contributed by atoms with Crippen molar-refractivity contribution in [2.75, 3.05) is 5.32 Å². The summed E-state index contributed by atoms with van der Waals surface area (Å²) in [6, 6.07) is 11.4. The first-order valence-electron chi connectivity index (χ1n) is 8.53. The molecule has 2 aromatic rings. The van der Waals surface area contributed by atoms with Crippen LogP contribution in [0.1, 0.15) is 25.8 Å². The van der Waals surface area contributed by atoms with Gasteiger partial charge in [0.2, 0.25) is 5.91 Å². The number of amides is 1. The van der Waals surface area contributed by atoms with Gasteiger partial charge >= 0.3 is 0 Å². The third-order valence-electron chi connectivity index (χ3n) is 4.08. The van der Waals surface area contributed by atoms with Crippen molar-refractivity contribution < 1.29 is 17.6 Å². The minimum Gasteiger partial charge on any atom is -0.322 e. The molecule has 0 saturated heterocycles. The van der Waals surface area contributed by atoms with Crippen molar-refractivity contribution in [1.82, 2.24) is 4.72 Å². The van der Waals surface area contributed by atoms with E-state index in [-0.39, 0.29) is 22.3 Å². The van der Waals surface area contributed by atoms with Crippen molar-refractivity contribution in [3.8, 4) is 0 Å². The van der Waals surface area contributed by atoms with E-state index in [1.165, 1.54) is 24.3 Å². The smallest absolute Gasteiger partial charge is 0.263 e. The number of para-hydroxylation sites is 1. The summed E-state index contributed by atoms with van der Waals surface area (Å²) in [7, 11) is -3.69. The van der Waals surface area contributed by atoms with Crippen LogP contribution in [0.25, 0.3) is 0 Å². The summed E-state index contributed by atoms with van der Waals surface area (Å²) in [4.78, 5) is 17.2. The van der Waals surface area contributed by atoms with Crippen molar-refractivity contribution in [2.45, 2.75) is 31.2 Å². The Kier molecular flexibility index (Phi) is 5.27. The van der Waals surface area contributed by atoms with Crippen molar-refractivity contribution >= 4 is 27.5 Å². The number of fused-ring (bicyclic) bond motifs is 1. The van der Waals surface area contributed by atoms with Gasteiger partial charge in [-0.25, -0.2) is 12.8 Å². The lowest BCUT2D eigenvalue weighted by atomic mass is 10.0. The molecule has 6 nitrogen and oxygen atoms in total. The van der Waals surface area contributed by atoms with E-state index in [1.54, 1.807) is 24.3 Å². The Labute approximate surface area is 157 Å². The van der Waals surface area contributed by atoms with Crippen LogP contribution in [0.2, 0.25) is 0 Å². The molecule has 1 aliphatic heterocycles. The average molecular weight is 389 g/mol. The van der Waals surface area contributed by atoms with Crippen molar-refractivity contribution in [2.24, 2.45) is 10.9 Å². The topological polar surface area (TPSA) is 87.6 Å². The molecule has 0 spiro atoms. The molecule has 1 amide bonds. The van der Waals surface area contributed by atoms with Crippen LogP contribution in [-0.4, -0.2) is 26.2 Å². The molecule has 27 heavy (non-hydrogen) atoms. The second-order valence-corrected chi connectivity index (χ2v) is 8.34. The number of carbonyl (C=O) groups excluding carboxylic acids is 1. The van der Waals surface area contributed by atoms with Crippen molar-refractivity contribution in [1.29, 1.82) is 0 Å². The number of sulfonamides is 1. The minimum atomic E-state index is -3.69. The Morgan fingerprint density at radius 1 is 1.15 bits per heavy atom. The van der Waals surface area contributed by atoms with Gasteiger partial charge < -0.3 is 5.32 Å². The summed E-state index contributed by atoms with van der Waals surface area (Å²) >= 11 is 0. The fourth-order valence-corrected chi connectivity index (χ4v) is 4.07. The first-order chi connectivity index (χ1) is 12.8. The van der Waals surface area contributed by atoms with Gasteiger partial charge in [0.25, 0.3) is 10.0 Å². The largest absolute Gasteiger partial charge is 0.322 e. The van der Waals surface area contributed by atoms with Gasteiger partial charge in [0.1, 0.15) is 17.7 Å². The SMILES string of the molecule is CC(C)CC(N=C1NS(=O)(=O)c2ccccc21)C(=O)Nc1ccccc1F. The highest BCUT2D eigenvalue weighted by molar-refractivity contribution is 7.90. The molecule has 0 aliphatic carbocycles. The fourth-order valence-electron chi connectivity index (χ4n) is 2.83. The number of benzene rings is 2. The Morgan fingerprint density at radius 3 is 2.52 bits per heavy atom. The molecule has 1 heterocycles. The van der Waals surface area contributed by atoms with Gasteiger partial charge in [-0.3, -0.25) is 14.5 Å². The third kappa shape index (κ3) is 4.16. The average Bonchev–Trinajstić information content (AvgIpc) is 2.87. The lowest BCUT2D eigenvalue weighted by Gasteiger charge is -2.16. The lowest BCUT2D eigenvalue weighted by molar-refractivity contribution is -0.117. The number of carbonyl (C=O) groups is 1. The molecule has 1 atom stereocenters. The molecular weight excluding hydrogens is 369 g/mol. The predicted molar refractivity (Wildman–Crippen MR) is 102 cm³/mol. The number of nitrogens with zero attached hydrogens (tertiary/aromatic N) is 1. The van der Waals surface area contributed by atoms with E-state index in [9.17, 15) is 17.6 Å². The molecule has 0 bridgehead atoms. The summed E-state index contributed by atoms with van der Waals surface area (Å²) in [5.74, 6) is -0.794. The fraction of sp³-hybridized carbons (Fsp3) is 0.263. The zero-order valence-corrected chi connectivity index (χ0v) is 15.8. The molecule has 142 valence electrons. The molecule has 2 N–H and O–H groups in total. The number of amidine groups is 1. The number of hydrogen-bond acceptors (Lipinski definition) is 4. The van der Waals surface area contributed by atoms with Gasteiger partial charge in [-0.2, -0.15) is 0 Å². The predicted octanol–water partition coefficient (Wildman–Crippen LogP) is 2.92. The van der Waals surface area contributed by atoms with E-state index >= 15 is 0 Å². The van der Waals surface area contributed by atoms with E-state index in [0.717, 1.165) is 0 Å². The summed E-state index contributed by atoms with van der Waals surface area (Å²) < 4.78 is 40.7. The van der Waals surface area contributed by atoms with Gasteiger partial charge in [0.05, 0.1) is 10.6 Å². The number of rotatable bonds is 5. The Balaban J connectivity index is 1.93. The monoisotopic (exact) mass is 389 g/mol. The molecule has 0 fully saturated rings. The molecule has 8 heteroatoms. The van der Waals surface area contributed by atoms with E-state index in [1.807, 2.05) is 13.8 Å². The van der Waals surface area contributed by atoms with E-state index in [4.69, 9.17) is 0 Å². The van der Waals surface area contributed by atoms with Crippen LogP contribution < -0.4 is 10.0 Å². The van der Waals surface area contributed by atoms with Gasteiger partial charge in [-0.1, -0.05) is 38.1 Å². The number of anilines is 1. The van der Waals surface area contributed by atoms with Gasteiger partial charge in [-0.15, -0.1) is 0 Å². The quantitative estimate of drug-likeness (QED) is 0.824. The van der Waals surface area contributed by atoms with Crippen LogP contribution in [0.15, 0.2) is 58.4 Å². The van der Waals surface area contributed by atoms with Gasteiger partial charge in [0, 0.05) is 5.56 Å². The zero-order chi connectivity index (χ0) is 19.6. The zero-order valence-electron chi connectivity index (χ0n) is 14.9. The molecular formula is C19H20FN3O3S. The highest BCUT2D eigenvalue weighted by Gasteiger charge is 2.32. The van der Waals surface area contributed by atoms with E-state index < -0.39 is 27.8 Å². The van der Waals surface area contributed by atoms with Gasteiger partial charge in [0.15, 0.2) is 0 Å². The maximum absolute atomic E-state index is 13.8. The van der Waals surface area contributed by atoms with Crippen LogP contribution in [0, 0.1) is 11.7 Å². The maximum Gasteiger partial charge on any atom is 0.263 e. The van der Waals surface area contributed by atoms with Crippen LogP contribution in [0.4, 0.5) is 10.1 Å². The summed E-state index contributed by atoms with van der Waals surface area (Å²) in [6.45, 7) is 3.85. The normalized spacial score (nSPS) is 17.4. The molecule has 0 aromatic heterocycles. The Morgan fingerprint density at radius 2 is 1.81 bits per heavy atom. The van der Waals surface area contributed by atoms with E-state index in [2.05, 4.69) is 15.0 Å². The number of halogens is 1. The number of nitrogens with one attached hydrogen (secondary N) is 2. The van der Waals surface area contributed by atoms with Crippen LogP contribution >= 0.6 is 0 Å². The second-order valence-electron chi connectivity index (χ2n) is 6.69. The maximum atomic E-state index is 13.8. The van der Waals surface area contributed by atoms with Crippen LogP contribution in [0.5, 0.6) is 0 Å². The van der Waals surface area contributed by atoms with Gasteiger partial charge in [-0.05, 0) is 36.6 Å². The Bertz CT molecular complexity index is 1000.